The summed E-state index contributed by atoms with van der Waals surface area (Å²) in [4.78, 5) is 54.8. The van der Waals surface area contributed by atoms with Crippen LogP contribution in [0, 0.1) is 5.92 Å². The maximum Gasteiger partial charge on any atom is 0.408 e. The number of hydrogen-bond acceptors (Lipinski definition) is 8. The molecule has 4 rings (SSSR count). The van der Waals surface area contributed by atoms with E-state index >= 15 is 0 Å². The molecule has 0 radical (unpaired) electrons. The maximum atomic E-state index is 13.9. The van der Waals surface area contributed by atoms with E-state index in [1.807, 2.05) is 79.4 Å². The Morgan fingerprint density at radius 2 is 1.62 bits per heavy atom. The van der Waals surface area contributed by atoms with Crippen LogP contribution in [0.4, 0.5) is 10.5 Å². The maximum absolute atomic E-state index is 13.9. The highest BCUT2D eigenvalue weighted by molar-refractivity contribution is 5.96. The van der Waals surface area contributed by atoms with Gasteiger partial charge in [0, 0.05) is 23.7 Å². The fraction of sp³-hybridized carbons (Fsp3) is 0.371. The molecule has 0 saturated heterocycles. The SMILES string of the molecule is CC(C)C[C@H](NC(=O)C(CC1=CN(C(=O)[C@H](C)N)CN1c1cccc2ccccc12)NC(=O)OCc1ccccc1)[C@@H](O)CC(=O)O. The number of carboxylic acid groups (broad SMARTS) is 1. The first-order valence-corrected chi connectivity index (χ1v) is 15.6. The lowest BCUT2D eigenvalue weighted by atomic mass is 9.96. The van der Waals surface area contributed by atoms with Gasteiger partial charge < -0.3 is 36.2 Å². The number of nitrogens with one attached hydrogen (secondary N) is 2. The van der Waals surface area contributed by atoms with E-state index in [0.717, 1.165) is 22.0 Å². The van der Waals surface area contributed by atoms with Crippen LogP contribution in [-0.2, 0) is 25.7 Å². The number of aliphatic hydroxyl groups excluding tert-OH is 1. The topological polar surface area (TPSA) is 175 Å². The van der Waals surface area contributed by atoms with Gasteiger partial charge >= 0.3 is 12.1 Å². The molecule has 6 N–H and O–H groups in total. The highest BCUT2D eigenvalue weighted by Crippen LogP contribution is 2.34. The average molecular weight is 646 g/mol. The number of amides is 3. The minimum atomic E-state index is -1.36. The van der Waals surface area contributed by atoms with Crippen LogP contribution >= 0.6 is 0 Å². The van der Waals surface area contributed by atoms with Gasteiger partial charge in [-0.25, -0.2) is 4.79 Å². The molecule has 3 aromatic carbocycles. The summed E-state index contributed by atoms with van der Waals surface area (Å²) in [5.41, 5.74) is 8.03. The Kier molecular flexibility index (Phi) is 11.9. The average Bonchev–Trinajstić information content (AvgIpc) is 3.45. The Labute approximate surface area is 274 Å². The molecule has 1 unspecified atom stereocenters. The second kappa shape index (κ2) is 16.1. The predicted octanol–water partition coefficient (Wildman–Crippen LogP) is 3.69. The third kappa shape index (κ3) is 9.53. The van der Waals surface area contributed by atoms with Gasteiger partial charge in [-0.2, -0.15) is 0 Å². The van der Waals surface area contributed by atoms with E-state index in [9.17, 15) is 29.4 Å². The van der Waals surface area contributed by atoms with Crippen LogP contribution in [0.3, 0.4) is 0 Å². The fourth-order valence-corrected chi connectivity index (χ4v) is 5.52. The molecule has 0 aromatic heterocycles. The lowest BCUT2D eigenvalue weighted by Crippen LogP contribution is -2.53. The van der Waals surface area contributed by atoms with Crippen LogP contribution in [-0.4, -0.2) is 69.9 Å². The molecule has 0 fully saturated rings. The number of nitrogens with two attached hydrogens (primary N) is 1. The van der Waals surface area contributed by atoms with Gasteiger partial charge in [0.15, 0.2) is 0 Å². The lowest BCUT2D eigenvalue weighted by Gasteiger charge is -2.29. The minimum absolute atomic E-state index is 0.0169. The first kappa shape index (κ1) is 34.9. The molecule has 1 aliphatic heterocycles. The molecule has 0 aliphatic carbocycles. The zero-order chi connectivity index (χ0) is 34.1. The van der Waals surface area contributed by atoms with Crippen molar-refractivity contribution in [2.45, 2.75) is 70.9 Å². The smallest absolute Gasteiger partial charge is 0.408 e. The van der Waals surface area contributed by atoms with E-state index in [-0.39, 0.29) is 31.5 Å². The Morgan fingerprint density at radius 3 is 2.30 bits per heavy atom. The summed E-state index contributed by atoms with van der Waals surface area (Å²) in [5.74, 6) is -2.16. The van der Waals surface area contributed by atoms with Gasteiger partial charge in [0.25, 0.3) is 0 Å². The number of aliphatic hydroxyl groups is 1. The van der Waals surface area contributed by atoms with Crippen molar-refractivity contribution < 1.29 is 34.1 Å². The Balaban J connectivity index is 1.66. The third-order valence-corrected chi connectivity index (χ3v) is 7.81. The van der Waals surface area contributed by atoms with Crippen LogP contribution in [0.5, 0.6) is 0 Å². The largest absolute Gasteiger partial charge is 0.481 e. The van der Waals surface area contributed by atoms with E-state index in [1.54, 1.807) is 25.3 Å². The van der Waals surface area contributed by atoms with Crippen LogP contribution in [0.15, 0.2) is 84.7 Å². The standard InChI is InChI=1S/C35H43N5O7/c1-22(2)16-28(31(41)18-32(42)43)37-33(44)29(38-35(46)47-20-24-10-5-4-6-11-24)17-26-19-39(34(45)23(3)36)21-40(26)30-15-9-13-25-12-7-8-14-27(25)30/h4-15,19,22-23,28-29,31,41H,16-18,20-21,36H2,1-3H3,(H,37,44)(H,38,46)(H,42,43)/t23-,28-,29?,31-/m0/s1. The zero-order valence-electron chi connectivity index (χ0n) is 26.8. The number of fused-ring (bicyclic) bond motifs is 1. The molecule has 0 bridgehead atoms. The van der Waals surface area contributed by atoms with Crippen molar-refractivity contribution in [3.05, 3.63) is 90.3 Å². The van der Waals surface area contributed by atoms with Gasteiger partial charge in [-0.1, -0.05) is 80.6 Å². The fourth-order valence-electron chi connectivity index (χ4n) is 5.52. The number of alkyl carbamates (subject to hydrolysis) is 1. The molecule has 1 aliphatic rings. The molecule has 250 valence electrons. The molecular formula is C35H43N5O7. The number of hydrogen-bond donors (Lipinski definition) is 5. The molecular weight excluding hydrogens is 602 g/mol. The lowest BCUT2D eigenvalue weighted by molar-refractivity contribution is -0.140. The van der Waals surface area contributed by atoms with Crippen LogP contribution in [0.25, 0.3) is 10.8 Å². The molecule has 3 aromatic rings. The van der Waals surface area contributed by atoms with Gasteiger partial charge in [-0.3, -0.25) is 19.3 Å². The summed E-state index contributed by atoms with van der Waals surface area (Å²) in [5, 5.41) is 27.3. The summed E-state index contributed by atoms with van der Waals surface area (Å²) in [7, 11) is 0. The number of nitrogens with zero attached hydrogens (tertiary/aromatic N) is 2. The number of ether oxygens (including phenoxy) is 1. The number of aliphatic carboxylic acids is 1. The van der Waals surface area contributed by atoms with Gasteiger partial charge in [0.2, 0.25) is 11.8 Å². The molecule has 0 saturated carbocycles. The van der Waals surface area contributed by atoms with Crippen molar-refractivity contribution in [2.75, 3.05) is 11.6 Å². The van der Waals surface area contributed by atoms with E-state index in [2.05, 4.69) is 10.6 Å². The van der Waals surface area contributed by atoms with Gasteiger partial charge in [0.1, 0.15) is 19.3 Å². The molecule has 3 amide bonds. The van der Waals surface area contributed by atoms with Crippen molar-refractivity contribution in [3.8, 4) is 0 Å². The summed E-state index contributed by atoms with van der Waals surface area (Å²) >= 11 is 0. The summed E-state index contributed by atoms with van der Waals surface area (Å²) in [6, 6.07) is 19.7. The van der Waals surface area contributed by atoms with Gasteiger partial charge in [-0.05, 0) is 36.3 Å². The highest BCUT2D eigenvalue weighted by Gasteiger charge is 2.34. The molecule has 47 heavy (non-hydrogen) atoms. The number of anilines is 1. The second-order valence-electron chi connectivity index (χ2n) is 12.2. The first-order chi connectivity index (χ1) is 22.4. The van der Waals surface area contributed by atoms with Crippen molar-refractivity contribution in [1.29, 1.82) is 0 Å². The minimum Gasteiger partial charge on any atom is -0.481 e. The highest BCUT2D eigenvalue weighted by atomic mass is 16.5. The quantitative estimate of drug-likeness (QED) is 0.175. The molecule has 1 heterocycles. The zero-order valence-corrected chi connectivity index (χ0v) is 26.8. The predicted molar refractivity (Wildman–Crippen MR) is 178 cm³/mol. The van der Waals surface area contributed by atoms with Crippen LogP contribution in [0.1, 0.15) is 45.6 Å². The molecule has 12 nitrogen and oxygen atoms in total. The number of carbonyl (C=O) groups excluding carboxylic acids is 3. The first-order valence-electron chi connectivity index (χ1n) is 15.6. The van der Waals surface area contributed by atoms with E-state index < -0.39 is 48.6 Å². The van der Waals surface area contributed by atoms with Gasteiger partial charge in [0.05, 0.1) is 30.3 Å². The summed E-state index contributed by atoms with van der Waals surface area (Å²) in [6.07, 6.45) is -0.922. The summed E-state index contributed by atoms with van der Waals surface area (Å²) in [6.45, 7) is 5.46. The number of benzene rings is 3. The molecule has 0 spiro atoms. The second-order valence-corrected chi connectivity index (χ2v) is 12.2. The Morgan fingerprint density at radius 1 is 0.936 bits per heavy atom. The van der Waals surface area contributed by atoms with Crippen LogP contribution < -0.4 is 21.3 Å². The van der Waals surface area contributed by atoms with Crippen molar-refractivity contribution in [3.63, 3.8) is 0 Å². The van der Waals surface area contributed by atoms with E-state index in [0.29, 0.717) is 12.1 Å². The van der Waals surface area contributed by atoms with Gasteiger partial charge in [-0.15, -0.1) is 0 Å². The molecule has 12 heteroatoms. The van der Waals surface area contributed by atoms with Crippen molar-refractivity contribution in [1.82, 2.24) is 15.5 Å². The Bertz CT molecular complexity index is 1590. The third-order valence-electron chi connectivity index (χ3n) is 7.81. The van der Waals surface area contributed by atoms with E-state index in [1.165, 1.54) is 4.90 Å². The monoisotopic (exact) mass is 645 g/mol. The normalized spacial score (nSPS) is 15.5. The molecule has 4 atom stereocenters. The van der Waals surface area contributed by atoms with Crippen molar-refractivity contribution in [2.24, 2.45) is 11.7 Å². The Hall–Kier alpha value is -4.94. The number of rotatable bonds is 14. The summed E-state index contributed by atoms with van der Waals surface area (Å²) < 4.78 is 5.43. The number of carboxylic acids is 1. The van der Waals surface area contributed by atoms with E-state index in [4.69, 9.17) is 10.5 Å². The van der Waals surface area contributed by atoms with Crippen LogP contribution in [0.2, 0.25) is 0 Å². The number of carbonyl (C=O) groups is 4. The van der Waals surface area contributed by atoms with Crippen molar-refractivity contribution >= 4 is 40.3 Å².